The van der Waals surface area contributed by atoms with Crippen molar-refractivity contribution in [3.8, 4) is 0 Å². The summed E-state index contributed by atoms with van der Waals surface area (Å²) >= 11 is 0. The molecule has 1 fully saturated rings. The third-order valence-corrected chi connectivity index (χ3v) is 2.19. The maximum absolute atomic E-state index is 12.5. The van der Waals surface area contributed by atoms with Crippen molar-refractivity contribution in [2.75, 3.05) is 0 Å². The van der Waals surface area contributed by atoms with E-state index in [0.717, 1.165) is 0 Å². The standard InChI is InChI=1S/C7H10F2O2/c1-2-3-6(5(10)11)4-7(6,8)9/h2-4H2,1H3,(H,10,11). The summed E-state index contributed by atoms with van der Waals surface area (Å²) in [6, 6.07) is 0. The van der Waals surface area contributed by atoms with Crippen LogP contribution in [-0.2, 0) is 4.79 Å². The Bertz CT molecular complexity index is 191. The van der Waals surface area contributed by atoms with Gasteiger partial charge in [0.2, 0.25) is 0 Å². The molecule has 1 atom stereocenters. The van der Waals surface area contributed by atoms with E-state index in [1.807, 2.05) is 0 Å². The molecule has 1 saturated carbocycles. The first-order valence-corrected chi connectivity index (χ1v) is 3.57. The van der Waals surface area contributed by atoms with Crippen LogP contribution in [0.5, 0.6) is 0 Å². The summed E-state index contributed by atoms with van der Waals surface area (Å²) in [5, 5.41) is 8.49. The fourth-order valence-electron chi connectivity index (χ4n) is 1.37. The van der Waals surface area contributed by atoms with Crippen molar-refractivity contribution in [2.24, 2.45) is 5.41 Å². The lowest BCUT2D eigenvalue weighted by molar-refractivity contribution is -0.148. The summed E-state index contributed by atoms with van der Waals surface area (Å²) in [4.78, 5) is 10.4. The van der Waals surface area contributed by atoms with Gasteiger partial charge in [-0.05, 0) is 6.42 Å². The second kappa shape index (κ2) is 2.16. The minimum atomic E-state index is -2.96. The molecule has 1 N–H and O–H groups in total. The molecule has 0 aromatic heterocycles. The maximum Gasteiger partial charge on any atom is 0.316 e. The first-order valence-electron chi connectivity index (χ1n) is 3.57. The quantitative estimate of drug-likeness (QED) is 0.691. The van der Waals surface area contributed by atoms with Crippen molar-refractivity contribution in [1.82, 2.24) is 0 Å². The SMILES string of the molecule is CCCC1(C(=O)O)CC1(F)F. The van der Waals surface area contributed by atoms with E-state index in [4.69, 9.17) is 5.11 Å². The minimum Gasteiger partial charge on any atom is -0.481 e. The Morgan fingerprint density at radius 2 is 2.09 bits per heavy atom. The molecule has 1 aliphatic carbocycles. The van der Waals surface area contributed by atoms with Crippen LogP contribution in [0.4, 0.5) is 8.78 Å². The van der Waals surface area contributed by atoms with Gasteiger partial charge < -0.3 is 5.11 Å². The molecule has 0 spiro atoms. The van der Waals surface area contributed by atoms with Gasteiger partial charge in [0.25, 0.3) is 5.92 Å². The number of carboxylic acid groups (broad SMARTS) is 1. The first kappa shape index (κ1) is 8.43. The molecule has 1 unspecified atom stereocenters. The predicted molar refractivity (Wildman–Crippen MR) is 34.5 cm³/mol. The molecule has 0 amide bonds. The molecule has 0 radical (unpaired) electrons. The van der Waals surface area contributed by atoms with Crippen molar-refractivity contribution >= 4 is 5.97 Å². The Labute approximate surface area is 63.2 Å². The molecule has 1 aliphatic rings. The Kier molecular flexibility index (Phi) is 1.65. The number of hydrogen-bond donors (Lipinski definition) is 1. The van der Waals surface area contributed by atoms with Crippen LogP contribution in [0.25, 0.3) is 0 Å². The fraction of sp³-hybridized carbons (Fsp3) is 0.857. The summed E-state index contributed by atoms with van der Waals surface area (Å²) in [5.74, 6) is -4.32. The molecule has 1 rings (SSSR count). The van der Waals surface area contributed by atoms with Crippen molar-refractivity contribution in [1.29, 1.82) is 0 Å². The van der Waals surface area contributed by atoms with E-state index in [1.165, 1.54) is 0 Å². The van der Waals surface area contributed by atoms with Crippen LogP contribution in [0.15, 0.2) is 0 Å². The second-order valence-corrected chi connectivity index (χ2v) is 3.02. The lowest BCUT2D eigenvalue weighted by atomic mass is 10.0. The average Bonchev–Trinajstić information content (AvgIpc) is 2.36. The highest BCUT2D eigenvalue weighted by Crippen LogP contribution is 2.63. The molecule has 64 valence electrons. The zero-order chi connectivity index (χ0) is 8.70. The molecular weight excluding hydrogens is 154 g/mol. The van der Waals surface area contributed by atoms with E-state index in [1.54, 1.807) is 6.92 Å². The van der Waals surface area contributed by atoms with Crippen LogP contribution in [0, 0.1) is 5.41 Å². The van der Waals surface area contributed by atoms with Crippen LogP contribution >= 0.6 is 0 Å². The molecule has 11 heavy (non-hydrogen) atoms. The molecular formula is C7H10F2O2. The largest absolute Gasteiger partial charge is 0.481 e. The molecule has 0 saturated heterocycles. The number of carbonyl (C=O) groups is 1. The number of carboxylic acids is 1. The van der Waals surface area contributed by atoms with Crippen molar-refractivity contribution in [2.45, 2.75) is 32.1 Å². The summed E-state index contributed by atoms with van der Waals surface area (Å²) in [5.41, 5.74) is -1.72. The first-order chi connectivity index (χ1) is 4.96. The third kappa shape index (κ3) is 1.01. The summed E-state index contributed by atoms with van der Waals surface area (Å²) < 4.78 is 25.0. The highest BCUT2D eigenvalue weighted by molar-refractivity contribution is 5.80. The Balaban J connectivity index is 2.71. The normalized spacial score (nSPS) is 33.4. The third-order valence-electron chi connectivity index (χ3n) is 2.19. The van der Waals surface area contributed by atoms with Crippen molar-refractivity contribution < 1.29 is 18.7 Å². The van der Waals surface area contributed by atoms with Crippen LogP contribution in [0.1, 0.15) is 26.2 Å². The Morgan fingerprint density at radius 1 is 1.64 bits per heavy atom. The smallest absolute Gasteiger partial charge is 0.316 e. The zero-order valence-corrected chi connectivity index (χ0v) is 6.23. The molecule has 0 aromatic carbocycles. The summed E-state index contributed by atoms with van der Waals surface area (Å²) in [6.07, 6.45) is 0.0837. The highest BCUT2D eigenvalue weighted by Gasteiger charge is 2.75. The van der Waals surface area contributed by atoms with E-state index < -0.39 is 23.7 Å². The topological polar surface area (TPSA) is 37.3 Å². The van der Waals surface area contributed by atoms with Crippen LogP contribution in [-0.4, -0.2) is 17.0 Å². The van der Waals surface area contributed by atoms with E-state index in [9.17, 15) is 13.6 Å². The van der Waals surface area contributed by atoms with Crippen LogP contribution < -0.4 is 0 Å². The van der Waals surface area contributed by atoms with Gasteiger partial charge in [-0.2, -0.15) is 0 Å². The van der Waals surface area contributed by atoms with E-state index >= 15 is 0 Å². The lowest BCUT2D eigenvalue weighted by Gasteiger charge is -2.07. The number of halogens is 2. The zero-order valence-electron chi connectivity index (χ0n) is 6.23. The maximum atomic E-state index is 12.5. The Morgan fingerprint density at radius 3 is 2.18 bits per heavy atom. The molecule has 0 aliphatic heterocycles. The van der Waals surface area contributed by atoms with Gasteiger partial charge in [-0.25, -0.2) is 8.78 Å². The van der Waals surface area contributed by atoms with Gasteiger partial charge in [-0.15, -0.1) is 0 Å². The summed E-state index contributed by atoms with van der Waals surface area (Å²) in [7, 11) is 0. The van der Waals surface area contributed by atoms with E-state index in [2.05, 4.69) is 0 Å². The minimum absolute atomic E-state index is 0.0787. The van der Waals surface area contributed by atoms with Gasteiger partial charge in [-0.1, -0.05) is 13.3 Å². The van der Waals surface area contributed by atoms with E-state index in [-0.39, 0.29) is 6.42 Å². The van der Waals surface area contributed by atoms with E-state index in [0.29, 0.717) is 6.42 Å². The van der Waals surface area contributed by atoms with Gasteiger partial charge in [-0.3, -0.25) is 4.79 Å². The number of hydrogen-bond acceptors (Lipinski definition) is 1. The molecule has 0 aromatic rings. The molecule has 4 heteroatoms. The van der Waals surface area contributed by atoms with Gasteiger partial charge in [0.1, 0.15) is 5.41 Å². The lowest BCUT2D eigenvalue weighted by Crippen LogP contribution is -2.22. The van der Waals surface area contributed by atoms with Gasteiger partial charge in [0.05, 0.1) is 0 Å². The van der Waals surface area contributed by atoms with Gasteiger partial charge in [0.15, 0.2) is 0 Å². The number of alkyl halides is 2. The molecule has 0 heterocycles. The highest BCUT2D eigenvalue weighted by atomic mass is 19.3. The van der Waals surface area contributed by atoms with Crippen LogP contribution in [0.3, 0.4) is 0 Å². The monoisotopic (exact) mass is 164 g/mol. The second-order valence-electron chi connectivity index (χ2n) is 3.02. The summed E-state index contributed by atoms with van der Waals surface area (Å²) in [6.45, 7) is 1.71. The predicted octanol–water partition coefficient (Wildman–Crippen LogP) is 1.90. The number of aliphatic carboxylic acids is 1. The fourth-order valence-corrected chi connectivity index (χ4v) is 1.37. The van der Waals surface area contributed by atoms with Gasteiger partial charge in [0, 0.05) is 6.42 Å². The average molecular weight is 164 g/mol. The van der Waals surface area contributed by atoms with Crippen molar-refractivity contribution in [3.05, 3.63) is 0 Å². The number of rotatable bonds is 3. The molecule has 2 nitrogen and oxygen atoms in total. The Hall–Kier alpha value is -0.670. The van der Waals surface area contributed by atoms with Crippen molar-refractivity contribution in [3.63, 3.8) is 0 Å². The van der Waals surface area contributed by atoms with Crippen LogP contribution in [0.2, 0.25) is 0 Å². The van der Waals surface area contributed by atoms with Gasteiger partial charge >= 0.3 is 5.97 Å². The molecule has 0 bridgehead atoms.